The molecule has 0 aliphatic heterocycles. The number of hydrogen-bond donors (Lipinski definition) is 3. The van der Waals surface area contributed by atoms with E-state index in [9.17, 15) is 22.0 Å². The molecule has 5 rings (SSSR count). The van der Waals surface area contributed by atoms with Crippen LogP contribution in [0.2, 0.25) is 0 Å². The highest BCUT2D eigenvalue weighted by Gasteiger charge is 2.27. The second-order valence-electron chi connectivity index (χ2n) is 8.27. The van der Waals surface area contributed by atoms with E-state index in [1.165, 1.54) is 47.9 Å². The maximum Gasteiger partial charge on any atom is 0.320 e. The summed E-state index contributed by atoms with van der Waals surface area (Å²) >= 11 is 1.25. The lowest BCUT2D eigenvalue weighted by molar-refractivity contribution is 0.248. The number of sulfonamides is 1. The fraction of sp³-hybridized carbons (Fsp3) is 0.125. The summed E-state index contributed by atoms with van der Waals surface area (Å²) in [6.07, 6.45) is 2.42. The molecule has 39 heavy (non-hydrogen) atoms. The average molecular weight is 572 g/mol. The van der Waals surface area contributed by atoms with Crippen LogP contribution in [-0.2, 0) is 16.6 Å². The van der Waals surface area contributed by atoms with E-state index in [0.29, 0.717) is 21.8 Å². The van der Waals surface area contributed by atoms with Crippen molar-refractivity contribution in [2.45, 2.75) is 12.6 Å². The fourth-order valence-corrected chi connectivity index (χ4v) is 4.94. The van der Waals surface area contributed by atoms with E-state index in [-0.39, 0.29) is 18.3 Å². The second kappa shape index (κ2) is 10.8. The van der Waals surface area contributed by atoms with E-state index in [2.05, 4.69) is 35.5 Å². The van der Waals surface area contributed by atoms with Gasteiger partial charge >= 0.3 is 6.03 Å². The van der Waals surface area contributed by atoms with Crippen LogP contribution in [0.25, 0.3) is 21.3 Å². The van der Waals surface area contributed by atoms with E-state index in [1.807, 2.05) is 12.1 Å². The minimum Gasteiger partial charge on any atom is -0.421 e. The molecule has 3 heterocycles. The maximum absolute atomic E-state index is 13.2. The zero-order chi connectivity index (χ0) is 27.6. The first-order valence-corrected chi connectivity index (χ1v) is 14.0. The number of pyridine rings is 1. The molecule has 1 atom stereocenters. The van der Waals surface area contributed by atoms with Gasteiger partial charge < -0.3 is 15.1 Å². The van der Waals surface area contributed by atoms with Crippen LogP contribution in [0.4, 0.5) is 19.3 Å². The van der Waals surface area contributed by atoms with E-state index in [4.69, 9.17) is 4.42 Å². The smallest absolute Gasteiger partial charge is 0.320 e. The molecule has 0 fully saturated rings. The van der Waals surface area contributed by atoms with Gasteiger partial charge in [-0.05, 0) is 54.1 Å². The van der Waals surface area contributed by atoms with Crippen molar-refractivity contribution in [2.75, 3.05) is 11.6 Å². The van der Waals surface area contributed by atoms with Crippen molar-refractivity contribution in [1.29, 1.82) is 0 Å². The van der Waals surface area contributed by atoms with Gasteiger partial charge in [0.25, 0.3) is 0 Å². The lowest BCUT2D eigenvalue weighted by Gasteiger charge is -2.13. The maximum atomic E-state index is 13.2. The van der Waals surface area contributed by atoms with Crippen LogP contribution in [0.15, 0.2) is 65.2 Å². The monoisotopic (exact) mass is 571 g/mol. The molecule has 15 heteroatoms. The van der Waals surface area contributed by atoms with Gasteiger partial charge in [0, 0.05) is 17.4 Å². The molecule has 0 aliphatic carbocycles. The number of carbonyl (C=O) groups is 1. The Labute approximate surface area is 224 Å². The van der Waals surface area contributed by atoms with Crippen molar-refractivity contribution in [1.82, 2.24) is 30.2 Å². The Kier molecular flexibility index (Phi) is 7.28. The summed E-state index contributed by atoms with van der Waals surface area (Å²) < 4.78 is 58.0. The van der Waals surface area contributed by atoms with E-state index in [1.54, 1.807) is 12.1 Å². The topological polar surface area (TPSA) is 152 Å². The molecule has 0 radical (unpaired) electrons. The predicted molar refractivity (Wildman–Crippen MR) is 139 cm³/mol. The molecule has 0 saturated carbocycles. The Morgan fingerprint density at radius 2 is 1.82 bits per heavy atom. The zero-order valence-corrected chi connectivity index (χ0v) is 21.7. The van der Waals surface area contributed by atoms with Gasteiger partial charge in [0.05, 0.1) is 23.0 Å². The molecular weight excluding hydrogens is 552 g/mol. The quantitative estimate of drug-likeness (QED) is 0.237. The molecule has 11 nitrogen and oxygen atoms in total. The number of rotatable bonds is 8. The van der Waals surface area contributed by atoms with Gasteiger partial charge in [-0.25, -0.2) is 32.3 Å². The van der Waals surface area contributed by atoms with Crippen LogP contribution in [0, 0.1) is 11.8 Å². The van der Waals surface area contributed by atoms with Gasteiger partial charge in [0.1, 0.15) is 10.8 Å². The lowest BCUT2D eigenvalue weighted by Crippen LogP contribution is -2.33. The summed E-state index contributed by atoms with van der Waals surface area (Å²) in [5.74, 6) is -1.09. The number of nitrogens with one attached hydrogen (secondary N) is 3. The third kappa shape index (κ3) is 6.57. The number of urea groups is 1. The van der Waals surface area contributed by atoms with Gasteiger partial charge in [0.2, 0.25) is 27.8 Å². The number of anilines is 1. The van der Waals surface area contributed by atoms with Gasteiger partial charge in [-0.2, -0.15) is 4.39 Å². The fourth-order valence-electron chi connectivity index (χ4n) is 3.50. The molecule has 0 bridgehead atoms. The van der Waals surface area contributed by atoms with Crippen LogP contribution < -0.4 is 15.4 Å². The molecule has 0 spiro atoms. The third-order valence-electron chi connectivity index (χ3n) is 5.31. The Balaban J connectivity index is 1.46. The largest absolute Gasteiger partial charge is 0.421 e. The number of nitrogens with zero attached hydrogens (tertiary/aromatic N) is 4. The SMILES string of the molecule is CS(=O)(=O)NCc1nnc(C(NC(=O)Nc2ccc(F)cc2)c2nc3ccc(-c4ccc(F)nc4)cc3s2)o1. The Morgan fingerprint density at radius 1 is 1.05 bits per heavy atom. The minimum atomic E-state index is -3.51. The van der Waals surface area contributed by atoms with Gasteiger partial charge in [-0.3, -0.25) is 0 Å². The second-order valence-corrected chi connectivity index (χ2v) is 11.2. The van der Waals surface area contributed by atoms with Crippen molar-refractivity contribution in [3.8, 4) is 11.1 Å². The lowest BCUT2D eigenvalue weighted by atomic mass is 10.1. The normalized spacial score (nSPS) is 12.4. The first kappa shape index (κ1) is 26.3. The number of halogens is 2. The average Bonchev–Trinajstić information content (AvgIpc) is 3.54. The summed E-state index contributed by atoms with van der Waals surface area (Å²) in [4.78, 5) is 21.1. The predicted octanol–water partition coefficient (Wildman–Crippen LogP) is 3.98. The first-order valence-electron chi connectivity index (χ1n) is 11.3. The van der Waals surface area contributed by atoms with Crippen LogP contribution in [0.5, 0.6) is 0 Å². The molecule has 0 aliphatic rings. The minimum absolute atomic E-state index is 0.0200. The van der Waals surface area contributed by atoms with Crippen LogP contribution in [-0.4, -0.2) is 40.9 Å². The van der Waals surface area contributed by atoms with E-state index < -0.39 is 33.9 Å². The molecule has 200 valence electrons. The zero-order valence-electron chi connectivity index (χ0n) is 20.1. The van der Waals surface area contributed by atoms with Gasteiger partial charge in [0.15, 0.2) is 6.04 Å². The van der Waals surface area contributed by atoms with Crippen molar-refractivity contribution in [3.05, 3.63) is 89.3 Å². The summed E-state index contributed by atoms with van der Waals surface area (Å²) in [5.41, 5.74) is 2.47. The van der Waals surface area contributed by atoms with Crippen LogP contribution in [0.3, 0.4) is 0 Å². The number of amides is 2. The molecule has 0 saturated heterocycles. The number of aromatic nitrogens is 4. The number of thiazole rings is 1. The molecule has 2 amide bonds. The standard InChI is InChI=1S/C24H19F2N7O4S2/c1-39(35,36)28-12-20-32-33-22(37-20)21(31-24(34)29-16-6-4-15(25)5-7-16)23-30-17-8-2-13(10-18(17)38-23)14-3-9-19(26)27-11-14/h2-11,21,28H,12H2,1H3,(H2,29,31,34). The summed E-state index contributed by atoms with van der Waals surface area (Å²) in [7, 11) is -3.51. The molecular formula is C24H19F2N7O4S2. The highest BCUT2D eigenvalue weighted by atomic mass is 32.2. The highest BCUT2D eigenvalue weighted by molar-refractivity contribution is 7.88. The van der Waals surface area contributed by atoms with Crippen molar-refractivity contribution in [3.63, 3.8) is 0 Å². The number of fused-ring (bicyclic) bond motifs is 1. The first-order chi connectivity index (χ1) is 18.6. The molecule has 2 aromatic carbocycles. The number of benzene rings is 2. The molecule has 3 N–H and O–H groups in total. The van der Waals surface area contributed by atoms with Crippen LogP contribution in [0.1, 0.15) is 22.8 Å². The van der Waals surface area contributed by atoms with E-state index in [0.717, 1.165) is 16.5 Å². The Hall–Kier alpha value is -4.34. The number of hydrogen-bond acceptors (Lipinski definition) is 9. The summed E-state index contributed by atoms with van der Waals surface area (Å²) in [6.45, 7) is -0.241. The van der Waals surface area contributed by atoms with Gasteiger partial charge in [-0.1, -0.05) is 6.07 Å². The number of carbonyl (C=O) groups excluding carboxylic acids is 1. The molecule has 5 aromatic rings. The molecule has 3 aromatic heterocycles. The highest BCUT2D eigenvalue weighted by Crippen LogP contribution is 2.33. The van der Waals surface area contributed by atoms with Crippen LogP contribution >= 0.6 is 11.3 Å². The molecule has 1 unspecified atom stereocenters. The van der Waals surface area contributed by atoms with Crippen molar-refractivity contribution < 1.29 is 26.4 Å². The third-order valence-corrected chi connectivity index (χ3v) is 7.06. The van der Waals surface area contributed by atoms with E-state index >= 15 is 0 Å². The van der Waals surface area contributed by atoms with Crippen molar-refractivity contribution in [2.24, 2.45) is 0 Å². The van der Waals surface area contributed by atoms with Gasteiger partial charge in [-0.15, -0.1) is 21.5 Å². The summed E-state index contributed by atoms with van der Waals surface area (Å²) in [6, 6.07) is 11.9. The summed E-state index contributed by atoms with van der Waals surface area (Å²) in [5, 5.41) is 13.6. The Morgan fingerprint density at radius 3 is 2.54 bits per heavy atom. The van der Waals surface area contributed by atoms with Crippen molar-refractivity contribution >= 4 is 43.3 Å². The Bertz CT molecular complexity index is 1740.